The van der Waals surface area contributed by atoms with Gasteiger partial charge in [-0.3, -0.25) is 9.59 Å². The van der Waals surface area contributed by atoms with E-state index in [1.807, 2.05) is 48.5 Å². The van der Waals surface area contributed by atoms with Crippen LogP contribution in [-0.2, 0) is 15.0 Å². The Bertz CT molecular complexity index is 1220. The summed E-state index contributed by atoms with van der Waals surface area (Å²) in [5, 5.41) is 11.3. The lowest BCUT2D eigenvalue weighted by Crippen LogP contribution is -2.58. The molecule has 3 aliphatic carbocycles. The zero-order valence-corrected chi connectivity index (χ0v) is 16.8. The van der Waals surface area contributed by atoms with Gasteiger partial charge in [-0.2, -0.15) is 0 Å². The van der Waals surface area contributed by atoms with Gasteiger partial charge in [-0.05, 0) is 41.3 Å². The molecule has 0 aromatic heterocycles. The number of nitrogens with zero attached hydrogens (tertiary/aromatic N) is 1. The van der Waals surface area contributed by atoms with Crippen molar-refractivity contribution in [2.24, 2.45) is 11.8 Å². The van der Waals surface area contributed by atoms with Crippen LogP contribution in [0.2, 0.25) is 0 Å². The van der Waals surface area contributed by atoms with Crippen LogP contribution in [0.1, 0.15) is 35.1 Å². The molecule has 1 aliphatic heterocycles. The molecule has 5 heteroatoms. The monoisotopic (exact) mass is 413 g/mol. The maximum Gasteiger partial charge on any atom is 0.239 e. The van der Waals surface area contributed by atoms with Crippen LogP contribution < -0.4 is 4.90 Å². The van der Waals surface area contributed by atoms with Crippen molar-refractivity contribution in [3.8, 4) is 0 Å². The Labute approximate surface area is 178 Å². The highest BCUT2D eigenvalue weighted by Crippen LogP contribution is 2.65. The van der Waals surface area contributed by atoms with E-state index in [-0.39, 0.29) is 11.6 Å². The molecule has 2 amide bonds. The number of aliphatic hydroxyl groups is 1. The number of amides is 2. The zero-order chi connectivity index (χ0) is 21.5. The Morgan fingerprint density at radius 3 is 2.00 bits per heavy atom. The third-order valence-corrected chi connectivity index (χ3v) is 7.44. The fourth-order valence-corrected chi connectivity index (χ4v) is 6.41. The molecule has 1 N–H and O–H groups in total. The lowest BCUT2D eigenvalue weighted by atomic mass is 9.46. The van der Waals surface area contributed by atoms with Gasteiger partial charge in [-0.25, -0.2) is 9.29 Å². The predicted octanol–water partition coefficient (Wildman–Crippen LogP) is 3.76. The zero-order valence-electron chi connectivity index (χ0n) is 16.8. The van der Waals surface area contributed by atoms with Gasteiger partial charge in [0.1, 0.15) is 5.82 Å². The van der Waals surface area contributed by atoms with Gasteiger partial charge in [0.25, 0.3) is 0 Å². The van der Waals surface area contributed by atoms with Crippen molar-refractivity contribution in [2.75, 3.05) is 4.90 Å². The third kappa shape index (κ3) is 2.02. The molecule has 3 atom stereocenters. The number of aliphatic hydroxyl groups excluding tert-OH is 1. The van der Waals surface area contributed by atoms with Gasteiger partial charge in [-0.15, -0.1) is 0 Å². The Morgan fingerprint density at radius 1 is 0.871 bits per heavy atom. The largest absolute Gasteiger partial charge is 0.392 e. The van der Waals surface area contributed by atoms with Crippen molar-refractivity contribution in [3.63, 3.8) is 0 Å². The molecule has 7 rings (SSSR count). The highest BCUT2D eigenvalue weighted by atomic mass is 19.1. The Kier molecular flexibility index (Phi) is 3.64. The van der Waals surface area contributed by atoms with E-state index in [0.29, 0.717) is 0 Å². The molecule has 4 aliphatic rings. The summed E-state index contributed by atoms with van der Waals surface area (Å²) in [6, 6.07) is 21.3. The summed E-state index contributed by atoms with van der Waals surface area (Å²) in [6.07, 6.45) is -0.930. The standard InChI is InChI=1S/C26H20FNO3/c1-14(29)26-17-10-4-2-8-15(17)21(16-9-3-5-11-18(16)26)22-23(26)25(31)28(24(22)30)20-13-7-6-12-19(20)27/h2-14,21-23,29H,1H3/t14-,21?,22-,23-,26?/m0/s1. The lowest BCUT2D eigenvalue weighted by molar-refractivity contribution is -0.126. The van der Waals surface area contributed by atoms with Gasteiger partial charge in [0, 0.05) is 5.92 Å². The first-order valence-corrected chi connectivity index (χ1v) is 10.5. The van der Waals surface area contributed by atoms with E-state index < -0.39 is 41.0 Å². The van der Waals surface area contributed by atoms with E-state index >= 15 is 0 Å². The van der Waals surface area contributed by atoms with E-state index in [1.165, 1.54) is 18.2 Å². The van der Waals surface area contributed by atoms with Crippen molar-refractivity contribution in [1.82, 2.24) is 0 Å². The van der Waals surface area contributed by atoms with Gasteiger partial charge in [0.15, 0.2) is 0 Å². The smallest absolute Gasteiger partial charge is 0.239 e. The van der Waals surface area contributed by atoms with E-state index in [0.717, 1.165) is 27.2 Å². The number of imide groups is 1. The SMILES string of the molecule is C[C@H](O)C12c3ccccc3C(c3ccccc31)[C@@H]1C(=O)N(c3ccccc3F)C(=O)[C@H]12. The number of halogens is 1. The van der Waals surface area contributed by atoms with Crippen molar-refractivity contribution < 1.29 is 19.1 Å². The summed E-state index contributed by atoms with van der Waals surface area (Å²) >= 11 is 0. The molecule has 1 fully saturated rings. The van der Waals surface area contributed by atoms with Crippen LogP contribution >= 0.6 is 0 Å². The summed E-state index contributed by atoms with van der Waals surface area (Å²) in [6.45, 7) is 1.68. The van der Waals surface area contributed by atoms with Crippen LogP contribution in [0.15, 0.2) is 72.8 Å². The minimum absolute atomic E-state index is 0.0276. The quantitative estimate of drug-likeness (QED) is 0.651. The summed E-state index contributed by atoms with van der Waals surface area (Å²) in [5.74, 6) is -3.27. The fraction of sp³-hybridized carbons (Fsp3) is 0.231. The second-order valence-electron chi connectivity index (χ2n) is 8.66. The summed E-state index contributed by atoms with van der Waals surface area (Å²) < 4.78 is 14.7. The predicted molar refractivity (Wildman–Crippen MR) is 113 cm³/mol. The molecule has 0 unspecified atom stereocenters. The minimum Gasteiger partial charge on any atom is -0.392 e. The normalized spacial score (nSPS) is 28.9. The maximum absolute atomic E-state index is 14.7. The number of carbonyl (C=O) groups is 2. The van der Waals surface area contributed by atoms with E-state index in [9.17, 15) is 19.1 Å². The maximum atomic E-state index is 14.7. The van der Waals surface area contributed by atoms with Gasteiger partial charge >= 0.3 is 0 Å². The molecule has 0 saturated carbocycles. The number of rotatable bonds is 2. The van der Waals surface area contributed by atoms with Gasteiger partial charge in [-0.1, -0.05) is 60.7 Å². The van der Waals surface area contributed by atoms with Crippen molar-refractivity contribution >= 4 is 17.5 Å². The molecule has 0 spiro atoms. The van der Waals surface area contributed by atoms with Crippen molar-refractivity contribution in [1.29, 1.82) is 0 Å². The molecule has 4 nitrogen and oxygen atoms in total. The van der Waals surface area contributed by atoms with E-state index in [1.54, 1.807) is 13.0 Å². The van der Waals surface area contributed by atoms with Crippen LogP contribution in [0.4, 0.5) is 10.1 Å². The molecule has 1 heterocycles. The molecule has 1 saturated heterocycles. The Balaban J connectivity index is 1.68. The highest BCUT2D eigenvalue weighted by Gasteiger charge is 2.69. The highest BCUT2D eigenvalue weighted by molar-refractivity contribution is 6.23. The second kappa shape index (κ2) is 6.11. The average Bonchev–Trinajstić information content (AvgIpc) is 3.05. The average molecular weight is 413 g/mol. The van der Waals surface area contributed by atoms with Gasteiger partial charge in [0.2, 0.25) is 11.8 Å². The third-order valence-electron chi connectivity index (χ3n) is 7.44. The molecule has 3 aromatic carbocycles. The molecular formula is C26H20FNO3. The van der Waals surface area contributed by atoms with Crippen LogP contribution in [0, 0.1) is 17.7 Å². The molecule has 2 bridgehead atoms. The number of hydrogen-bond acceptors (Lipinski definition) is 3. The van der Waals surface area contributed by atoms with Gasteiger partial charge in [0.05, 0.1) is 29.0 Å². The number of anilines is 1. The molecule has 31 heavy (non-hydrogen) atoms. The molecule has 3 aromatic rings. The van der Waals surface area contributed by atoms with E-state index in [4.69, 9.17) is 0 Å². The molecule has 0 radical (unpaired) electrons. The first-order chi connectivity index (χ1) is 15.0. The van der Waals surface area contributed by atoms with Crippen LogP contribution in [0.25, 0.3) is 0 Å². The number of hydrogen-bond donors (Lipinski definition) is 1. The second-order valence-corrected chi connectivity index (χ2v) is 8.66. The van der Waals surface area contributed by atoms with E-state index in [2.05, 4.69) is 0 Å². The molecular weight excluding hydrogens is 393 g/mol. The van der Waals surface area contributed by atoms with Crippen molar-refractivity contribution in [2.45, 2.75) is 24.4 Å². The van der Waals surface area contributed by atoms with Crippen molar-refractivity contribution in [3.05, 3.63) is 101 Å². The summed E-state index contributed by atoms with van der Waals surface area (Å²) in [5.41, 5.74) is 2.58. The van der Waals surface area contributed by atoms with Crippen LogP contribution in [-0.4, -0.2) is 23.0 Å². The first kappa shape index (κ1) is 18.5. The Morgan fingerprint density at radius 2 is 1.42 bits per heavy atom. The number of benzene rings is 3. The minimum atomic E-state index is -1.07. The van der Waals surface area contributed by atoms with Crippen LogP contribution in [0.5, 0.6) is 0 Å². The van der Waals surface area contributed by atoms with Crippen LogP contribution in [0.3, 0.4) is 0 Å². The van der Waals surface area contributed by atoms with Gasteiger partial charge < -0.3 is 5.11 Å². The Hall–Kier alpha value is -3.31. The number of para-hydroxylation sites is 1. The first-order valence-electron chi connectivity index (χ1n) is 10.5. The summed E-state index contributed by atoms with van der Waals surface area (Å²) in [7, 11) is 0. The molecule has 154 valence electrons. The lowest BCUT2D eigenvalue weighted by Gasteiger charge is -2.55. The fourth-order valence-electron chi connectivity index (χ4n) is 6.41. The topological polar surface area (TPSA) is 57.6 Å². The number of carbonyl (C=O) groups excluding carboxylic acids is 2. The summed E-state index contributed by atoms with van der Waals surface area (Å²) in [4.78, 5) is 28.6.